The third kappa shape index (κ3) is 1.01. The van der Waals surface area contributed by atoms with Crippen LogP contribution < -0.4 is 0 Å². The van der Waals surface area contributed by atoms with E-state index in [4.69, 9.17) is 0 Å². The molecule has 1 rings (SSSR count). The molecule has 8 heavy (non-hydrogen) atoms. The highest BCUT2D eigenvalue weighted by molar-refractivity contribution is 7.99. The fraction of sp³-hybridized carbons (Fsp3) is 0.500. The first kappa shape index (κ1) is 5.62. The highest BCUT2D eigenvalue weighted by Crippen LogP contribution is 2.16. The smallest absolute Gasteiger partial charge is 0.252 e. The van der Waals surface area contributed by atoms with Crippen molar-refractivity contribution in [2.45, 2.75) is 0 Å². The Morgan fingerprint density at radius 2 is 2.62 bits per heavy atom. The summed E-state index contributed by atoms with van der Waals surface area (Å²) >= 11 is 1.58. The van der Waals surface area contributed by atoms with Crippen LogP contribution in [0.2, 0.25) is 0 Å². The van der Waals surface area contributed by atoms with E-state index in [0.29, 0.717) is 11.4 Å². The lowest BCUT2D eigenvalue weighted by molar-refractivity contribution is -0.423. The molecule has 0 aliphatic carbocycles. The first-order valence-corrected chi connectivity index (χ1v) is 3.37. The number of nitro groups is 1. The van der Waals surface area contributed by atoms with Crippen molar-refractivity contribution in [2.24, 2.45) is 0 Å². The van der Waals surface area contributed by atoms with E-state index < -0.39 is 0 Å². The van der Waals surface area contributed by atoms with E-state index >= 15 is 0 Å². The number of nitrogens with zero attached hydrogens (tertiary/aromatic N) is 1. The molecule has 0 saturated heterocycles. The second kappa shape index (κ2) is 2.17. The summed E-state index contributed by atoms with van der Waals surface area (Å²) in [6.07, 6.45) is 1.66. The predicted molar refractivity (Wildman–Crippen MR) is 32.4 cm³/mol. The third-order valence-electron chi connectivity index (χ3n) is 0.921. The van der Waals surface area contributed by atoms with E-state index in [1.54, 1.807) is 17.8 Å². The minimum absolute atomic E-state index is 0.319. The van der Waals surface area contributed by atoms with Crippen molar-refractivity contribution in [3.8, 4) is 0 Å². The Morgan fingerprint density at radius 3 is 2.88 bits per heavy atom. The summed E-state index contributed by atoms with van der Waals surface area (Å²) in [6, 6.07) is 0. The van der Waals surface area contributed by atoms with Crippen molar-refractivity contribution in [3.63, 3.8) is 0 Å². The molecular weight excluding hydrogens is 126 g/mol. The standard InChI is InChI=1S/C4H5NO2S/c6-5(7)4-1-2-8-3-4/h1H,2-3H2. The van der Waals surface area contributed by atoms with Crippen LogP contribution in [0.15, 0.2) is 11.8 Å². The molecule has 0 spiro atoms. The van der Waals surface area contributed by atoms with E-state index in [9.17, 15) is 10.1 Å². The molecule has 1 heterocycles. The van der Waals surface area contributed by atoms with E-state index in [1.807, 2.05) is 0 Å². The van der Waals surface area contributed by atoms with Crippen molar-refractivity contribution in [3.05, 3.63) is 21.9 Å². The first-order valence-electron chi connectivity index (χ1n) is 2.22. The summed E-state index contributed by atoms with van der Waals surface area (Å²) < 4.78 is 0. The number of hydrogen-bond acceptors (Lipinski definition) is 3. The Morgan fingerprint density at radius 1 is 1.88 bits per heavy atom. The summed E-state index contributed by atoms with van der Waals surface area (Å²) in [6.45, 7) is 0. The van der Waals surface area contributed by atoms with Gasteiger partial charge in [0.15, 0.2) is 0 Å². The van der Waals surface area contributed by atoms with Gasteiger partial charge in [-0.05, 0) is 6.08 Å². The van der Waals surface area contributed by atoms with Crippen LogP contribution in [0.4, 0.5) is 0 Å². The van der Waals surface area contributed by atoms with Crippen LogP contribution in [0.1, 0.15) is 0 Å². The van der Waals surface area contributed by atoms with Gasteiger partial charge in [-0.25, -0.2) is 0 Å². The Hall–Kier alpha value is -0.510. The van der Waals surface area contributed by atoms with Gasteiger partial charge in [0.1, 0.15) is 0 Å². The molecular formula is C4H5NO2S. The molecule has 44 valence electrons. The second-order valence-corrected chi connectivity index (χ2v) is 2.50. The topological polar surface area (TPSA) is 43.1 Å². The van der Waals surface area contributed by atoms with Crippen molar-refractivity contribution in [2.75, 3.05) is 11.5 Å². The van der Waals surface area contributed by atoms with Gasteiger partial charge in [0.05, 0.1) is 10.7 Å². The summed E-state index contributed by atoms with van der Waals surface area (Å²) in [5.41, 5.74) is 0.356. The lowest BCUT2D eigenvalue weighted by Crippen LogP contribution is -1.96. The normalized spacial score (nSPS) is 18.2. The van der Waals surface area contributed by atoms with Gasteiger partial charge in [0.2, 0.25) is 0 Å². The minimum atomic E-state index is -0.319. The molecule has 4 heteroatoms. The summed E-state index contributed by atoms with van der Waals surface area (Å²) in [5.74, 6) is 1.38. The average molecular weight is 131 g/mol. The number of rotatable bonds is 1. The Labute approximate surface area is 50.9 Å². The van der Waals surface area contributed by atoms with Crippen LogP contribution in [-0.2, 0) is 0 Å². The Balaban J connectivity index is 2.57. The molecule has 0 bridgehead atoms. The summed E-state index contributed by atoms with van der Waals surface area (Å²) in [4.78, 5) is 9.61. The van der Waals surface area contributed by atoms with Gasteiger partial charge >= 0.3 is 0 Å². The van der Waals surface area contributed by atoms with Crippen molar-refractivity contribution in [1.82, 2.24) is 0 Å². The van der Waals surface area contributed by atoms with E-state index in [2.05, 4.69) is 0 Å². The molecule has 0 atom stereocenters. The van der Waals surface area contributed by atoms with Crippen LogP contribution in [0.25, 0.3) is 0 Å². The molecule has 1 aliphatic heterocycles. The van der Waals surface area contributed by atoms with Gasteiger partial charge < -0.3 is 0 Å². The van der Waals surface area contributed by atoms with E-state index in [-0.39, 0.29) is 4.92 Å². The van der Waals surface area contributed by atoms with Gasteiger partial charge in [0.25, 0.3) is 5.70 Å². The lowest BCUT2D eigenvalue weighted by Gasteiger charge is -1.84. The number of hydrogen-bond donors (Lipinski definition) is 0. The molecule has 0 aromatic carbocycles. The highest BCUT2D eigenvalue weighted by Gasteiger charge is 2.14. The zero-order valence-corrected chi connectivity index (χ0v) is 4.98. The maximum atomic E-state index is 9.93. The van der Waals surface area contributed by atoms with Crippen molar-refractivity contribution < 1.29 is 4.92 Å². The fourth-order valence-corrected chi connectivity index (χ4v) is 1.37. The Bertz CT molecular complexity index is 143. The maximum Gasteiger partial charge on any atom is 0.252 e. The van der Waals surface area contributed by atoms with Crippen molar-refractivity contribution in [1.29, 1.82) is 0 Å². The monoisotopic (exact) mass is 131 g/mol. The molecule has 3 nitrogen and oxygen atoms in total. The minimum Gasteiger partial charge on any atom is -0.259 e. The molecule has 0 radical (unpaired) electrons. The summed E-state index contributed by atoms with van der Waals surface area (Å²) in [5, 5.41) is 9.93. The lowest BCUT2D eigenvalue weighted by atomic mass is 10.5. The molecule has 0 N–H and O–H groups in total. The van der Waals surface area contributed by atoms with Crippen LogP contribution >= 0.6 is 11.8 Å². The highest BCUT2D eigenvalue weighted by atomic mass is 32.2. The molecule has 0 saturated carbocycles. The quantitative estimate of drug-likeness (QED) is 0.392. The van der Waals surface area contributed by atoms with Crippen molar-refractivity contribution >= 4 is 11.8 Å². The van der Waals surface area contributed by atoms with Crippen LogP contribution in [0, 0.1) is 10.1 Å². The van der Waals surface area contributed by atoms with E-state index in [0.717, 1.165) is 5.75 Å². The molecule has 1 aliphatic rings. The fourth-order valence-electron chi connectivity index (χ4n) is 0.505. The molecule has 0 fully saturated rings. The second-order valence-electron chi connectivity index (χ2n) is 1.47. The molecule has 0 unspecified atom stereocenters. The summed E-state index contributed by atoms with van der Waals surface area (Å²) in [7, 11) is 0. The number of thioether (sulfide) groups is 1. The van der Waals surface area contributed by atoms with Crippen LogP contribution in [-0.4, -0.2) is 16.4 Å². The van der Waals surface area contributed by atoms with Gasteiger partial charge in [-0.15, -0.1) is 11.8 Å². The maximum absolute atomic E-state index is 9.93. The van der Waals surface area contributed by atoms with Crippen LogP contribution in [0.5, 0.6) is 0 Å². The largest absolute Gasteiger partial charge is 0.259 e. The van der Waals surface area contributed by atoms with E-state index in [1.165, 1.54) is 0 Å². The SMILES string of the molecule is O=[N+]([O-])C1=CCSC1. The molecule has 0 aromatic heterocycles. The predicted octanol–water partition coefficient (Wildman–Crippen LogP) is 0.894. The zero-order chi connectivity index (χ0) is 5.98. The average Bonchev–Trinajstić information content (AvgIpc) is 2.12. The van der Waals surface area contributed by atoms with Gasteiger partial charge in [-0.3, -0.25) is 10.1 Å². The Kier molecular flexibility index (Phi) is 1.53. The van der Waals surface area contributed by atoms with Gasteiger partial charge in [-0.2, -0.15) is 0 Å². The third-order valence-corrected chi connectivity index (χ3v) is 1.82. The molecule has 0 amide bonds. The molecule has 0 aromatic rings. The zero-order valence-electron chi connectivity index (χ0n) is 4.16. The van der Waals surface area contributed by atoms with Gasteiger partial charge in [-0.1, -0.05) is 0 Å². The van der Waals surface area contributed by atoms with Gasteiger partial charge in [0, 0.05) is 5.75 Å². The first-order chi connectivity index (χ1) is 3.80. The van der Waals surface area contributed by atoms with Crippen LogP contribution in [0.3, 0.4) is 0 Å².